The van der Waals surface area contributed by atoms with Crippen LogP contribution in [0.5, 0.6) is 0 Å². The molecule has 0 N–H and O–H groups in total. The fourth-order valence-electron chi connectivity index (χ4n) is 1.38. The fraction of sp³-hybridized carbons (Fsp3) is 0.0909. The molecular weight excluding hydrogens is 305 g/mol. The predicted molar refractivity (Wildman–Crippen MR) is 65.8 cm³/mol. The van der Waals surface area contributed by atoms with Crippen molar-refractivity contribution in [3.63, 3.8) is 0 Å². The van der Waals surface area contributed by atoms with Gasteiger partial charge in [0.1, 0.15) is 0 Å². The summed E-state index contributed by atoms with van der Waals surface area (Å²) in [4.78, 5) is 15.6. The SMILES string of the molecule is COC(=O)c1cc(I)c2ncccc2c1. The maximum absolute atomic E-state index is 11.4. The van der Waals surface area contributed by atoms with E-state index in [9.17, 15) is 4.79 Å². The Morgan fingerprint density at radius 3 is 3.00 bits per heavy atom. The molecule has 0 spiro atoms. The molecule has 0 bridgehead atoms. The second-order valence-corrected chi connectivity index (χ2v) is 4.19. The van der Waals surface area contributed by atoms with E-state index in [1.165, 1.54) is 7.11 Å². The van der Waals surface area contributed by atoms with Gasteiger partial charge in [-0.05, 0) is 40.8 Å². The molecular formula is C11H8INO2. The number of ether oxygens (including phenoxy) is 1. The maximum Gasteiger partial charge on any atom is 0.337 e. The van der Waals surface area contributed by atoms with Gasteiger partial charge in [-0.25, -0.2) is 4.79 Å². The van der Waals surface area contributed by atoms with Crippen LogP contribution in [0.25, 0.3) is 10.9 Å². The zero-order chi connectivity index (χ0) is 10.8. The van der Waals surface area contributed by atoms with Gasteiger partial charge in [-0.15, -0.1) is 0 Å². The lowest BCUT2D eigenvalue weighted by atomic mass is 10.1. The van der Waals surface area contributed by atoms with E-state index in [0.29, 0.717) is 5.56 Å². The highest BCUT2D eigenvalue weighted by atomic mass is 127. The van der Waals surface area contributed by atoms with Crippen LogP contribution in [0.4, 0.5) is 0 Å². The molecule has 2 rings (SSSR count). The standard InChI is InChI=1S/C11H8INO2/c1-15-11(14)8-5-7-3-2-4-13-10(7)9(12)6-8/h2-6H,1H3. The van der Waals surface area contributed by atoms with Crippen LogP contribution in [0.3, 0.4) is 0 Å². The van der Waals surface area contributed by atoms with Crippen molar-refractivity contribution in [2.75, 3.05) is 7.11 Å². The Hall–Kier alpha value is -1.17. The quantitative estimate of drug-likeness (QED) is 0.600. The third-order valence-corrected chi connectivity index (χ3v) is 2.90. The van der Waals surface area contributed by atoms with Gasteiger partial charge in [0, 0.05) is 15.2 Å². The van der Waals surface area contributed by atoms with E-state index in [4.69, 9.17) is 0 Å². The fourth-order valence-corrected chi connectivity index (χ4v) is 2.17. The van der Waals surface area contributed by atoms with Crippen LogP contribution in [-0.2, 0) is 4.74 Å². The lowest BCUT2D eigenvalue weighted by Crippen LogP contribution is -2.01. The van der Waals surface area contributed by atoms with Crippen molar-refractivity contribution in [3.8, 4) is 0 Å². The summed E-state index contributed by atoms with van der Waals surface area (Å²) in [6.45, 7) is 0. The predicted octanol–water partition coefficient (Wildman–Crippen LogP) is 2.63. The average Bonchev–Trinajstić information content (AvgIpc) is 2.28. The van der Waals surface area contributed by atoms with Crippen molar-refractivity contribution >= 4 is 39.5 Å². The van der Waals surface area contributed by atoms with Crippen molar-refractivity contribution in [1.29, 1.82) is 0 Å². The van der Waals surface area contributed by atoms with Gasteiger partial charge in [0.2, 0.25) is 0 Å². The van der Waals surface area contributed by atoms with E-state index in [2.05, 4.69) is 32.3 Å². The first kappa shape index (κ1) is 10.4. The summed E-state index contributed by atoms with van der Waals surface area (Å²) in [7, 11) is 1.38. The van der Waals surface area contributed by atoms with Gasteiger partial charge in [-0.3, -0.25) is 4.98 Å². The third-order valence-electron chi connectivity index (χ3n) is 2.08. The number of halogens is 1. The van der Waals surface area contributed by atoms with Crippen LogP contribution in [0.1, 0.15) is 10.4 Å². The monoisotopic (exact) mass is 313 g/mol. The molecule has 0 aliphatic rings. The molecule has 1 aromatic carbocycles. The molecule has 0 fully saturated rings. The number of benzene rings is 1. The molecule has 0 saturated heterocycles. The number of nitrogens with zero attached hydrogens (tertiary/aromatic N) is 1. The van der Waals surface area contributed by atoms with E-state index in [-0.39, 0.29) is 5.97 Å². The summed E-state index contributed by atoms with van der Waals surface area (Å²) < 4.78 is 5.63. The molecule has 2 aromatic rings. The second kappa shape index (κ2) is 4.14. The molecule has 1 heterocycles. The van der Waals surface area contributed by atoms with Crippen LogP contribution in [0, 0.1) is 3.57 Å². The number of carbonyl (C=O) groups excluding carboxylic acids is 1. The molecule has 76 valence electrons. The largest absolute Gasteiger partial charge is 0.465 e. The summed E-state index contributed by atoms with van der Waals surface area (Å²) in [5.41, 5.74) is 1.47. The van der Waals surface area contributed by atoms with Gasteiger partial charge in [0.05, 0.1) is 18.2 Å². The van der Waals surface area contributed by atoms with Crippen molar-refractivity contribution in [2.24, 2.45) is 0 Å². The Kier molecular flexibility index (Phi) is 2.86. The molecule has 0 saturated carbocycles. The number of carbonyl (C=O) groups is 1. The summed E-state index contributed by atoms with van der Waals surface area (Å²) in [6.07, 6.45) is 1.74. The number of fused-ring (bicyclic) bond motifs is 1. The van der Waals surface area contributed by atoms with E-state index < -0.39 is 0 Å². The topological polar surface area (TPSA) is 39.2 Å². The lowest BCUT2D eigenvalue weighted by Gasteiger charge is -2.03. The van der Waals surface area contributed by atoms with Crippen molar-refractivity contribution in [3.05, 3.63) is 39.6 Å². The molecule has 0 radical (unpaired) electrons. The Morgan fingerprint density at radius 1 is 1.47 bits per heavy atom. The molecule has 15 heavy (non-hydrogen) atoms. The second-order valence-electron chi connectivity index (χ2n) is 3.02. The summed E-state index contributed by atoms with van der Waals surface area (Å²) >= 11 is 2.16. The highest BCUT2D eigenvalue weighted by Gasteiger charge is 2.09. The number of esters is 1. The maximum atomic E-state index is 11.4. The average molecular weight is 313 g/mol. The van der Waals surface area contributed by atoms with Crippen LogP contribution >= 0.6 is 22.6 Å². The van der Waals surface area contributed by atoms with Crippen molar-refractivity contribution in [1.82, 2.24) is 4.98 Å². The van der Waals surface area contributed by atoms with Crippen LogP contribution in [0.15, 0.2) is 30.5 Å². The summed E-state index contributed by atoms with van der Waals surface area (Å²) in [5, 5.41) is 0.949. The first-order chi connectivity index (χ1) is 7.22. The van der Waals surface area contributed by atoms with E-state index in [1.54, 1.807) is 18.3 Å². The number of aromatic nitrogens is 1. The molecule has 4 heteroatoms. The van der Waals surface area contributed by atoms with E-state index >= 15 is 0 Å². The number of rotatable bonds is 1. The first-order valence-corrected chi connectivity index (χ1v) is 5.43. The number of methoxy groups -OCH3 is 1. The number of hydrogen-bond donors (Lipinski definition) is 0. The lowest BCUT2D eigenvalue weighted by molar-refractivity contribution is 0.0601. The molecule has 0 aliphatic heterocycles. The Labute approximate surface area is 101 Å². The number of pyridine rings is 1. The van der Waals surface area contributed by atoms with Crippen LogP contribution in [-0.4, -0.2) is 18.1 Å². The number of hydrogen-bond acceptors (Lipinski definition) is 3. The van der Waals surface area contributed by atoms with E-state index in [0.717, 1.165) is 14.5 Å². The molecule has 0 aliphatic carbocycles. The van der Waals surface area contributed by atoms with Gasteiger partial charge in [-0.2, -0.15) is 0 Å². The van der Waals surface area contributed by atoms with Crippen molar-refractivity contribution in [2.45, 2.75) is 0 Å². The minimum absolute atomic E-state index is 0.321. The molecule has 0 amide bonds. The minimum atomic E-state index is -0.321. The Bertz CT molecular complexity index is 525. The molecule has 0 unspecified atom stereocenters. The van der Waals surface area contributed by atoms with E-state index in [1.807, 2.05) is 12.1 Å². The van der Waals surface area contributed by atoms with Crippen LogP contribution in [0.2, 0.25) is 0 Å². The van der Waals surface area contributed by atoms with Gasteiger partial charge in [-0.1, -0.05) is 6.07 Å². The Balaban J connectivity index is 2.67. The molecule has 1 aromatic heterocycles. The normalized spacial score (nSPS) is 10.3. The van der Waals surface area contributed by atoms with Crippen molar-refractivity contribution < 1.29 is 9.53 Å². The Morgan fingerprint density at radius 2 is 2.27 bits per heavy atom. The van der Waals surface area contributed by atoms with Gasteiger partial charge < -0.3 is 4.74 Å². The zero-order valence-corrected chi connectivity index (χ0v) is 10.2. The molecule has 0 atom stereocenters. The highest BCUT2D eigenvalue weighted by Crippen LogP contribution is 2.20. The summed E-state index contributed by atoms with van der Waals surface area (Å²) in [5.74, 6) is -0.321. The zero-order valence-electron chi connectivity index (χ0n) is 8.03. The van der Waals surface area contributed by atoms with Gasteiger partial charge in [0.25, 0.3) is 0 Å². The van der Waals surface area contributed by atoms with Gasteiger partial charge >= 0.3 is 5.97 Å². The highest BCUT2D eigenvalue weighted by molar-refractivity contribution is 14.1. The first-order valence-electron chi connectivity index (χ1n) is 4.35. The molecule has 3 nitrogen and oxygen atoms in total. The van der Waals surface area contributed by atoms with Gasteiger partial charge in [0.15, 0.2) is 0 Å². The smallest absolute Gasteiger partial charge is 0.337 e. The third kappa shape index (κ3) is 1.94. The van der Waals surface area contributed by atoms with Crippen LogP contribution < -0.4 is 0 Å². The summed E-state index contributed by atoms with van der Waals surface area (Å²) in [6, 6.07) is 7.34. The minimum Gasteiger partial charge on any atom is -0.465 e.